The van der Waals surface area contributed by atoms with E-state index in [2.05, 4.69) is 10.4 Å². The van der Waals surface area contributed by atoms with E-state index in [1.165, 1.54) is 6.92 Å². The number of carbonyl (C=O) groups excluding carboxylic acids is 4. The first kappa shape index (κ1) is 19.9. The van der Waals surface area contributed by atoms with Crippen LogP contribution in [0.1, 0.15) is 17.3 Å². The summed E-state index contributed by atoms with van der Waals surface area (Å²) >= 11 is 0. The number of allylic oxidation sites excluding steroid dienone is 1. The van der Waals surface area contributed by atoms with E-state index in [1.807, 2.05) is 6.07 Å². The molecule has 0 saturated carbocycles. The highest BCUT2D eigenvalue weighted by Gasteiger charge is 2.64. The summed E-state index contributed by atoms with van der Waals surface area (Å²) < 4.78 is 0. The van der Waals surface area contributed by atoms with Gasteiger partial charge in [-0.05, 0) is 49.4 Å². The van der Waals surface area contributed by atoms with Gasteiger partial charge in [0.05, 0.1) is 23.6 Å². The summed E-state index contributed by atoms with van der Waals surface area (Å²) in [5.41, 5.74) is 1.47. The summed E-state index contributed by atoms with van der Waals surface area (Å²) in [5.74, 6) is -2.91. The van der Waals surface area contributed by atoms with Crippen molar-refractivity contribution in [3.63, 3.8) is 0 Å². The molecule has 0 unspecified atom stereocenters. The number of hydrazone groups is 1. The maximum absolute atomic E-state index is 13.5. The van der Waals surface area contributed by atoms with E-state index in [0.29, 0.717) is 16.9 Å². The Morgan fingerprint density at radius 1 is 0.938 bits per heavy atom. The third-order valence-corrected chi connectivity index (χ3v) is 6.13. The Bertz CT molecular complexity index is 1170. The molecule has 2 saturated heterocycles. The summed E-state index contributed by atoms with van der Waals surface area (Å²) in [6, 6.07) is 13.9. The Kier molecular flexibility index (Phi) is 4.70. The van der Waals surface area contributed by atoms with Crippen molar-refractivity contribution in [3.8, 4) is 0 Å². The number of imide groups is 1. The van der Waals surface area contributed by atoms with Gasteiger partial charge in [0, 0.05) is 17.5 Å². The van der Waals surface area contributed by atoms with E-state index in [0.717, 1.165) is 4.90 Å². The number of nitrogens with one attached hydrogen (secondary N) is 1. The normalized spacial score (nSPS) is 25.7. The first-order valence-electron chi connectivity index (χ1n) is 10.3. The fraction of sp³-hybridized carbons (Fsp3) is 0.208. The lowest BCUT2D eigenvalue weighted by Crippen LogP contribution is -2.47. The molecule has 160 valence electrons. The molecule has 4 atom stereocenters. The Balaban J connectivity index is 1.50. The van der Waals surface area contributed by atoms with Crippen LogP contribution < -0.4 is 10.2 Å². The quantitative estimate of drug-likeness (QED) is 0.595. The summed E-state index contributed by atoms with van der Waals surface area (Å²) in [6.07, 6.45) is 5.07. The average molecular weight is 428 g/mol. The van der Waals surface area contributed by atoms with E-state index in [-0.39, 0.29) is 11.7 Å². The first-order valence-corrected chi connectivity index (χ1v) is 10.3. The first-order chi connectivity index (χ1) is 15.5. The fourth-order valence-corrected chi connectivity index (χ4v) is 4.67. The standard InChI is InChI=1S/C24H20N4O4/c1-14(29)15-9-11-17(12-10-15)27-23(31)19-18-8-5-13-25-28(18)21(20(19)24(27)32)22(30)26-16-6-3-2-4-7-16/h2-13,18-21H,1H3,(H,26,30)/t18-,19-,20-,21+/m0/s1. The maximum Gasteiger partial charge on any atom is 0.249 e. The number of carbonyl (C=O) groups is 4. The molecule has 2 aromatic rings. The number of Topliss-reactive ketones (excluding diaryl/α,β-unsaturated/α-hetero) is 1. The van der Waals surface area contributed by atoms with Gasteiger partial charge in [-0.15, -0.1) is 0 Å². The molecule has 0 radical (unpaired) electrons. The maximum atomic E-state index is 13.5. The molecule has 8 nitrogen and oxygen atoms in total. The monoisotopic (exact) mass is 428 g/mol. The number of para-hydroxylation sites is 1. The predicted octanol–water partition coefficient (Wildman–Crippen LogP) is 2.24. The molecular formula is C24H20N4O4. The lowest BCUT2D eigenvalue weighted by molar-refractivity contribution is -0.129. The number of benzene rings is 2. The van der Waals surface area contributed by atoms with Gasteiger partial charge in [-0.3, -0.25) is 24.2 Å². The molecule has 3 amide bonds. The van der Waals surface area contributed by atoms with Gasteiger partial charge in [0.2, 0.25) is 17.7 Å². The third kappa shape index (κ3) is 3.03. The molecule has 0 aromatic heterocycles. The fourth-order valence-electron chi connectivity index (χ4n) is 4.67. The second-order valence-corrected chi connectivity index (χ2v) is 7.99. The molecular weight excluding hydrogens is 408 g/mol. The van der Waals surface area contributed by atoms with Crippen LogP contribution in [0.15, 0.2) is 71.9 Å². The molecule has 1 N–H and O–H groups in total. The van der Waals surface area contributed by atoms with Gasteiger partial charge in [0.15, 0.2) is 5.78 Å². The molecule has 3 aliphatic rings. The molecule has 3 heterocycles. The van der Waals surface area contributed by atoms with Crippen LogP contribution in [0.5, 0.6) is 0 Å². The van der Waals surface area contributed by atoms with E-state index in [1.54, 1.807) is 71.9 Å². The second-order valence-electron chi connectivity index (χ2n) is 7.99. The van der Waals surface area contributed by atoms with Crippen LogP contribution in [0.4, 0.5) is 11.4 Å². The van der Waals surface area contributed by atoms with Crippen LogP contribution in [-0.4, -0.2) is 46.8 Å². The molecule has 8 heteroatoms. The smallest absolute Gasteiger partial charge is 0.249 e. The molecule has 5 rings (SSSR count). The summed E-state index contributed by atoms with van der Waals surface area (Å²) in [6.45, 7) is 1.45. The number of anilines is 2. The lowest BCUT2D eigenvalue weighted by atomic mass is 9.88. The lowest BCUT2D eigenvalue weighted by Gasteiger charge is -2.30. The van der Waals surface area contributed by atoms with Crippen LogP contribution in [-0.2, 0) is 14.4 Å². The van der Waals surface area contributed by atoms with E-state index >= 15 is 0 Å². The Morgan fingerprint density at radius 3 is 2.31 bits per heavy atom. The molecule has 32 heavy (non-hydrogen) atoms. The highest BCUT2D eigenvalue weighted by Crippen LogP contribution is 2.45. The highest BCUT2D eigenvalue weighted by molar-refractivity contribution is 6.24. The zero-order valence-electron chi connectivity index (χ0n) is 17.2. The van der Waals surface area contributed by atoms with Gasteiger partial charge in [0.1, 0.15) is 6.04 Å². The van der Waals surface area contributed by atoms with Gasteiger partial charge >= 0.3 is 0 Å². The molecule has 0 bridgehead atoms. The van der Waals surface area contributed by atoms with Crippen molar-refractivity contribution in [3.05, 3.63) is 72.3 Å². The van der Waals surface area contributed by atoms with Crippen molar-refractivity contribution in [2.75, 3.05) is 10.2 Å². The van der Waals surface area contributed by atoms with E-state index in [9.17, 15) is 19.2 Å². The molecule has 0 spiro atoms. The van der Waals surface area contributed by atoms with E-state index in [4.69, 9.17) is 0 Å². The average Bonchev–Trinajstić information content (AvgIpc) is 3.27. The van der Waals surface area contributed by atoms with Crippen LogP contribution in [0.25, 0.3) is 0 Å². The van der Waals surface area contributed by atoms with Gasteiger partial charge < -0.3 is 5.32 Å². The highest BCUT2D eigenvalue weighted by atomic mass is 16.2. The van der Waals surface area contributed by atoms with Gasteiger partial charge in [-0.25, -0.2) is 4.90 Å². The van der Waals surface area contributed by atoms with Crippen molar-refractivity contribution in [2.45, 2.75) is 19.0 Å². The number of fused-ring (bicyclic) bond motifs is 3. The number of hydrogen-bond acceptors (Lipinski definition) is 6. The van der Waals surface area contributed by atoms with Crippen molar-refractivity contribution in [1.29, 1.82) is 0 Å². The van der Waals surface area contributed by atoms with Crippen molar-refractivity contribution in [2.24, 2.45) is 16.9 Å². The minimum Gasteiger partial charge on any atom is -0.324 e. The molecule has 2 aromatic carbocycles. The number of amides is 3. The van der Waals surface area contributed by atoms with Crippen molar-refractivity contribution < 1.29 is 19.2 Å². The number of rotatable bonds is 4. The largest absolute Gasteiger partial charge is 0.324 e. The minimum absolute atomic E-state index is 0.106. The number of ketones is 1. The Morgan fingerprint density at radius 2 is 1.62 bits per heavy atom. The van der Waals surface area contributed by atoms with Crippen LogP contribution in [0.3, 0.4) is 0 Å². The van der Waals surface area contributed by atoms with Crippen LogP contribution >= 0.6 is 0 Å². The van der Waals surface area contributed by atoms with Crippen LogP contribution in [0, 0.1) is 11.8 Å². The summed E-state index contributed by atoms with van der Waals surface area (Å²) in [5, 5.41) is 8.71. The van der Waals surface area contributed by atoms with Gasteiger partial charge in [-0.2, -0.15) is 5.10 Å². The SMILES string of the molecule is CC(=O)c1ccc(N2C(=O)[C@@H]3[C@H](C2=O)[C@H](C(=O)Nc2ccccc2)N2N=CC=C[C@@H]32)cc1. The van der Waals surface area contributed by atoms with Gasteiger partial charge in [-0.1, -0.05) is 24.3 Å². The Hall–Kier alpha value is -4.07. The van der Waals surface area contributed by atoms with Gasteiger partial charge in [0.25, 0.3) is 0 Å². The number of hydrogen-bond donors (Lipinski definition) is 1. The topological polar surface area (TPSA) is 99.2 Å². The third-order valence-electron chi connectivity index (χ3n) is 6.13. The molecule has 3 aliphatic heterocycles. The second kappa shape index (κ2) is 7.56. The number of nitrogens with zero attached hydrogens (tertiary/aromatic N) is 3. The summed E-state index contributed by atoms with van der Waals surface area (Å²) in [7, 11) is 0. The predicted molar refractivity (Wildman–Crippen MR) is 118 cm³/mol. The van der Waals surface area contributed by atoms with Crippen molar-refractivity contribution >= 4 is 41.1 Å². The minimum atomic E-state index is -0.927. The molecule has 0 aliphatic carbocycles. The van der Waals surface area contributed by atoms with E-state index < -0.39 is 35.7 Å². The van der Waals surface area contributed by atoms with Crippen LogP contribution in [0.2, 0.25) is 0 Å². The van der Waals surface area contributed by atoms with Crippen molar-refractivity contribution in [1.82, 2.24) is 5.01 Å². The summed E-state index contributed by atoms with van der Waals surface area (Å²) in [4.78, 5) is 52.8. The molecule has 2 fully saturated rings. The zero-order chi connectivity index (χ0) is 22.4. The Labute approximate surface area is 184 Å². The zero-order valence-corrected chi connectivity index (χ0v) is 17.2.